The summed E-state index contributed by atoms with van der Waals surface area (Å²) < 4.78 is 5.26. The van der Waals surface area contributed by atoms with Crippen molar-refractivity contribution in [2.24, 2.45) is 0 Å². The fourth-order valence-electron chi connectivity index (χ4n) is 1.87. The van der Waals surface area contributed by atoms with Gasteiger partial charge in [-0.2, -0.15) is 0 Å². The highest BCUT2D eigenvalue weighted by molar-refractivity contribution is 4.86. The molecule has 14 heavy (non-hydrogen) atoms. The minimum atomic E-state index is -0.614. The van der Waals surface area contributed by atoms with E-state index in [1.54, 1.807) is 0 Å². The second kappa shape index (κ2) is 5.35. The van der Waals surface area contributed by atoms with Crippen LogP contribution in [0.1, 0.15) is 26.2 Å². The lowest BCUT2D eigenvalue weighted by molar-refractivity contribution is -0.173. The summed E-state index contributed by atoms with van der Waals surface area (Å²) in [6.07, 6.45) is 7.15. The molecule has 0 spiro atoms. The Bertz CT molecular complexity index is 202. The first-order chi connectivity index (χ1) is 6.63. The van der Waals surface area contributed by atoms with Crippen molar-refractivity contribution >= 4 is 0 Å². The molecule has 1 N–H and O–H groups in total. The van der Waals surface area contributed by atoms with E-state index in [1.165, 1.54) is 0 Å². The predicted octanol–water partition coefficient (Wildman–Crippen LogP) is 0.827. The van der Waals surface area contributed by atoms with E-state index >= 15 is 0 Å². The third-order valence-electron chi connectivity index (χ3n) is 2.70. The summed E-state index contributed by atoms with van der Waals surface area (Å²) in [5.41, 5.74) is 0. The van der Waals surface area contributed by atoms with Crippen molar-refractivity contribution in [3.8, 4) is 12.3 Å². The summed E-state index contributed by atoms with van der Waals surface area (Å²) in [6.45, 7) is 2.88. The molecule has 80 valence electrons. The van der Waals surface area contributed by atoms with Crippen molar-refractivity contribution in [3.05, 3.63) is 0 Å². The first-order valence-electron chi connectivity index (χ1n) is 5.10. The average Bonchev–Trinajstić information content (AvgIpc) is 2.12. The Kier molecular flexibility index (Phi) is 4.40. The zero-order valence-electron chi connectivity index (χ0n) is 8.94. The van der Waals surface area contributed by atoms with Crippen LogP contribution in [-0.2, 0) is 4.74 Å². The number of nitrogens with zero attached hydrogens (tertiary/aromatic N) is 1. The molecule has 1 rings (SSSR count). The molecule has 3 heteroatoms. The normalized spacial score (nSPS) is 32.9. The first kappa shape index (κ1) is 11.5. The van der Waals surface area contributed by atoms with E-state index in [0.717, 1.165) is 19.4 Å². The number of hydrogen-bond donors (Lipinski definition) is 1. The summed E-state index contributed by atoms with van der Waals surface area (Å²) in [5.74, 6) is 2.62. The minimum Gasteiger partial charge on any atom is -0.368 e. The fourth-order valence-corrected chi connectivity index (χ4v) is 1.87. The van der Waals surface area contributed by atoms with E-state index in [0.29, 0.717) is 12.5 Å². The van der Waals surface area contributed by atoms with Crippen molar-refractivity contribution in [1.29, 1.82) is 0 Å². The van der Waals surface area contributed by atoms with Gasteiger partial charge in [0.1, 0.15) is 0 Å². The van der Waals surface area contributed by atoms with Crippen LogP contribution in [0.25, 0.3) is 0 Å². The second-order valence-corrected chi connectivity index (χ2v) is 3.96. The summed E-state index contributed by atoms with van der Waals surface area (Å²) in [7, 11) is 2.05. The molecule has 1 fully saturated rings. The molecule has 3 atom stereocenters. The van der Waals surface area contributed by atoms with Crippen LogP contribution in [0.4, 0.5) is 0 Å². The lowest BCUT2D eigenvalue weighted by Crippen LogP contribution is -2.43. The highest BCUT2D eigenvalue weighted by Gasteiger charge is 2.27. The number of rotatable bonds is 3. The third-order valence-corrected chi connectivity index (χ3v) is 2.70. The van der Waals surface area contributed by atoms with Gasteiger partial charge >= 0.3 is 0 Å². The van der Waals surface area contributed by atoms with Crippen LogP contribution in [0, 0.1) is 12.3 Å². The molecule has 0 aromatic carbocycles. The SMILES string of the molecule is C#CCCN(C)C1CC(C)OC(O)C1. The van der Waals surface area contributed by atoms with Gasteiger partial charge in [0.15, 0.2) is 6.29 Å². The molecule has 1 heterocycles. The number of hydrogen-bond acceptors (Lipinski definition) is 3. The van der Waals surface area contributed by atoms with Crippen LogP contribution in [0.3, 0.4) is 0 Å². The Balaban J connectivity index is 2.39. The van der Waals surface area contributed by atoms with Crippen LogP contribution in [-0.4, -0.2) is 42.0 Å². The molecule has 1 aliphatic rings. The molecule has 3 nitrogen and oxygen atoms in total. The molecule has 1 aliphatic heterocycles. The molecular weight excluding hydrogens is 178 g/mol. The van der Waals surface area contributed by atoms with E-state index in [1.807, 2.05) is 14.0 Å². The van der Waals surface area contributed by atoms with Crippen LogP contribution in [0.5, 0.6) is 0 Å². The average molecular weight is 197 g/mol. The number of terminal acetylenes is 1. The lowest BCUT2D eigenvalue weighted by atomic mass is 10.0. The van der Waals surface area contributed by atoms with Crippen LogP contribution >= 0.6 is 0 Å². The van der Waals surface area contributed by atoms with Crippen molar-refractivity contribution in [1.82, 2.24) is 4.90 Å². The molecule has 0 aromatic rings. The predicted molar refractivity (Wildman–Crippen MR) is 55.7 cm³/mol. The zero-order chi connectivity index (χ0) is 10.6. The van der Waals surface area contributed by atoms with Crippen LogP contribution in [0.2, 0.25) is 0 Å². The van der Waals surface area contributed by atoms with Crippen molar-refractivity contribution < 1.29 is 9.84 Å². The van der Waals surface area contributed by atoms with Gasteiger partial charge in [-0.05, 0) is 20.4 Å². The Hall–Kier alpha value is -0.560. The van der Waals surface area contributed by atoms with E-state index in [4.69, 9.17) is 11.2 Å². The molecule has 0 saturated carbocycles. The number of ether oxygens (including phenoxy) is 1. The van der Waals surface area contributed by atoms with Crippen molar-refractivity contribution in [3.63, 3.8) is 0 Å². The topological polar surface area (TPSA) is 32.7 Å². The van der Waals surface area contributed by atoms with Gasteiger partial charge in [0.05, 0.1) is 6.10 Å². The van der Waals surface area contributed by atoms with E-state index in [-0.39, 0.29) is 6.10 Å². The summed E-state index contributed by atoms with van der Waals surface area (Å²) in [5, 5.41) is 9.44. The molecular formula is C11H19NO2. The fraction of sp³-hybridized carbons (Fsp3) is 0.818. The first-order valence-corrected chi connectivity index (χ1v) is 5.10. The molecule has 3 unspecified atom stereocenters. The quantitative estimate of drug-likeness (QED) is 0.680. The van der Waals surface area contributed by atoms with Gasteiger partial charge in [0, 0.05) is 25.4 Å². The maximum atomic E-state index is 9.44. The minimum absolute atomic E-state index is 0.136. The highest BCUT2D eigenvalue weighted by atomic mass is 16.6. The maximum absolute atomic E-state index is 9.44. The molecule has 0 aromatic heterocycles. The Morgan fingerprint density at radius 2 is 2.29 bits per heavy atom. The highest BCUT2D eigenvalue weighted by Crippen LogP contribution is 2.21. The Labute approximate surface area is 86.0 Å². The third kappa shape index (κ3) is 3.30. The molecule has 0 bridgehead atoms. The molecule has 0 aliphatic carbocycles. The second-order valence-electron chi connectivity index (χ2n) is 3.96. The summed E-state index contributed by atoms with van der Waals surface area (Å²) >= 11 is 0. The smallest absolute Gasteiger partial charge is 0.156 e. The van der Waals surface area contributed by atoms with Crippen LogP contribution in [0.15, 0.2) is 0 Å². The summed E-state index contributed by atoms with van der Waals surface area (Å²) in [4.78, 5) is 2.21. The van der Waals surface area contributed by atoms with Gasteiger partial charge < -0.3 is 14.7 Å². The summed E-state index contributed by atoms with van der Waals surface area (Å²) in [6, 6.07) is 0.391. The number of aliphatic hydroxyl groups excluding tert-OH is 1. The van der Waals surface area contributed by atoms with Gasteiger partial charge in [-0.3, -0.25) is 0 Å². The molecule has 0 amide bonds. The monoisotopic (exact) mass is 197 g/mol. The van der Waals surface area contributed by atoms with Gasteiger partial charge in [0.2, 0.25) is 0 Å². The van der Waals surface area contributed by atoms with Gasteiger partial charge in [0.25, 0.3) is 0 Å². The molecule has 1 saturated heterocycles. The standard InChI is InChI=1S/C11H19NO2/c1-4-5-6-12(3)10-7-9(2)14-11(13)8-10/h1,9-11,13H,5-8H2,2-3H3. The van der Waals surface area contributed by atoms with Crippen molar-refractivity contribution in [2.45, 2.75) is 44.6 Å². The van der Waals surface area contributed by atoms with Crippen LogP contribution < -0.4 is 0 Å². The molecule has 0 radical (unpaired) electrons. The number of aliphatic hydroxyl groups is 1. The van der Waals surface area contributed by atoms with E-state index < -0.39 is 6.29 Å². The van der Waals surface area contributed by atoms with Gasteiger partial charge in [-0.25, -0.2) is 0 Å². The maximum Gasteiger partial charge on any atom is 0.156 e. The van der Waals surface area contributed by atoms with Gasteiger partial charge in [-0.15, -0.1) is 12.3 Å². The van der Waals surface area contributed by atoms with Gasteiger partial charge in [-0.1, -0.05) is 0 Å². The van der Waals surface area contributed by atoms with E-state index in [9.17, 15) is 5.11 Å². The lowest BCUT2D eigenvalue weighted by Gasteiger charge is -2.36. The van der Waals surface area contributed by atoms with E-state index in [2.05, 4.69) is 10.8 Å². The largest absolute Gasteiger partial charge is 0.368 e. The zero-order valence-corrected chi connectivity index (χ0v) is 8.94. The Morgan fingerprint density at radius 1 is 1.57 bits per heavy atom. The van der Waals surface area contributed by atoms with Crippen molar-refractivity contribution in [2.75, 3.05) is 13.6 Å². The Morgan fingerprint density at radius 3 is 2.86 bits per heavy atom.